The highest BCUT2D eigenvalue weighted by Gasteiger charge is 2.12. The Morgan fingerprint density at radius 3 is 2.68 bits per heavy atom. The molecule has 0 saturated heterocycles. The third-order valence-electron chi connectivity index (χ3n) is 4.06. The lowest BCUT2D eigenvalue weighted by molar-refractivity contribution is 0.0696. The summed E-state index contributed by atoms with van der Waals surface area (Å²) in [6, 6.07) is 5.46. The molecule has 2 rings (SSSR count). The zero-order valence-corrected chi connectivity index (χ0v) is 11.6. The Hall–Kier alpha value is -1.51. The zero-order chi connectivity index (χ0) is 13.7. The van der Waals surface area contributed by atoms with Gasteiger partial charge in [-0.05, 0) is 43.0 Å². The van der Waals surface area contributed by atoms with Crippen LogP contribution in [0.4, 0.5) is 5.69 Å². The Kier molecular flexibility index (Phi) is 4.83. The Balaban J connectivity index is 1.82. The minimum Gasteiger partial charge on any atom is -0.478 e. The van der Waals surface area contributed by atoms with Crippen LogP contribution in [0.25, 0.3) is 0 Å². The molecule has 1 aromatic rings. The third-order valence-corrected chi connectivity index (χ3v) is 4.06. The van der Waals surface area contributed by atoms with Gasteiger partial charge in [0.1, 0.15) is 0 Å². The summed E-state index contributed by atoms with van der Waals surface area (Å²) in [4.78, 5) is 10.9. The number of aromatic carboxylic acids is 1. The van der Waals surface area contributed by atoms with Gasteiger partial charge >= 0.3 is 5.97 Å². The predicted molar refractivity (Wildman–Crippen MR) is 77.8 cm³/mol. The van der Waals surface area contributed by atoms with Gasteiger partial charge in [0.15, 0.2) is 0 Å². The van der Waals surface area contributed by atoms with Gasteiger partial charge in [0.2, 0.25) is 0 Å². The van der Waals surface area contributed by atoms with Crippen LogP contribution < -0.4 is 5.32 Å². The summed E-state index contributed by atoms with van der Waals surface area (Å²) in [5.41, 5.74) is 2.23. The molecule has 0 aliphatic heterocycles. The van der Waals surface area contributed by atoms with Crippen molar-refractivity contribution in [2.45, 2.75) is 45.4 Å². The molecule has 1 aliphatic carbocycles. The number of carboxylic acids is 1. The van der Waals surface area contributed by atoms with E-state index in [9.17, 15) is 4.79 Å². The molecule has 3 heteroatoms. The number of hydrogen-bond acceptors (Lipinski definition) is 2. The van der Waals surface area contributed by atoms with Crippen molar-refractivity contribution < 1.29 is 9.90 Å². The molecule has 2 N–H and O–H groups in total. The predicted octanol–water partition coefficient (Wildman–Crippen LogP) is 4.08. The number of aryl methyl sites for hydroxylation is 1. The van der Waals surface area contributed by atoms with E-state index in [2.05, 4.69) is 5.32 Å². The molecule has 104 valence electrons. The first-order chi connectivity index (χ1) is 9.16. The van der Waals surface area contributed by atoms with Gasteiger partial charge in [-0.25, -0.2) is 4.79 Å². The summed E-state index contributed by atoms with van der Waals surface area (Å²) in [6.45, 7) is 2.83. The quantitative estimate of drug-likeness (QED) is 0.839. The molecule has 0 atom stereocenters. The van der Waals surface area contributed by atoms with Gasteiger partial charge < -0.3 is 10.4 Å². The lowest BCUT2D eigenvalue weighted by Gasteiger charge is -2.21. The van der Waals surface area contributed by atoms with E-state index in [1.54, 1.807) is 6.07 Å². The summed E-state index contributed by atoms with van der Waals surface area (Å²) in [5, 5.41) is 12.4. The molecule has 1 saturated carbocycles. The van der Waals surface area contributed by atoms with E-state index < -0.39 is 5.97 Å². The summed E-state index contributed by atoms with van der Waals surface area (Å²) in [5.74, 6) is 0.0203. The van der Waals surface area contributed by atoms with Crippen LogP contribution in [-0.4, -0.2) is 17.6 Å². The van der Waals surface area contributed by atoms with Crippen molar-refractivity contribution in [3.8, 4) is 0 Å². The number of nitrogens with one attached hydrogen (secondary N) is 1. The van der Waals surface area contributed by atoms with E-state index in [4.69, 9.17) is 5.11 Å². The van der Waals surface area contributed by atoms with Crippen molar-refractivity contribution >= 4 is 11.7 Å². The summed E-state index contributed by atoms with van der Waals surface area (Å²) in [6.07, 6.45) is 8.14. The maximum atomic E-state index is 10.9. The molecule has 0 radical (unpaired) electrons. The fourth-order valence-corrected chi connectivity index (χ4v) is 2.91. The van der Waals surface area contributed by atoms with Gasteiger partial charge in [-0.2, -0.15) is 0 Å². The molecule has 1 aromatic carbocycles. The smallest absolute Gasteiger partial charge is 0.335 e. The van der Waals surface area contributed by atoms with Crippen LogP contribution in [0.2, 0.25) is 0 Å². The van der Waals surface area contributed by atoms with Crippen LogP contribution >= 0.6 is 0 Å². The highest BCUT2D eigenvalue weighted by atomic mass is 16.4. The number of rotatable bonds is 5. The average Bonchev–Trinajstić information content (AvgIpc) is 2.39. The normalized spacial score (nSPS) is 16.3. The minimum absolute atomic E-state index is 0.387. The van der Waals surface area contributed by atoms with Gasteiger partial charge in [0, 0.05) is 12.2 Å². The van der Waals surface area contributed by atoms with Crippen molar-refractivity contribution in [1.29, 1.82) is 0 Å². The Morgan fingerprint density at radius 1 is 1.32 bits per heavy atom. The van der Waals surface area contributed by atoms with Crippen LogP contribution in [0.15, 0.2) is 18.2 Å². The maximum absolute atomic E-state index is 10.9. The molecule has 0 unspecified atom stereocenters. The largest absolute Gasteiger partial charge is 0.478 e. The molecule has 0 aromatic heterocycles. The van der Waals surface area contributed by atoms with Crippen molar-refractivity contribution in [2.75, 3.05) is 11.9 Å². The molecule has 0 spiro atoms. The first-order valence-electron chi connectivity index (χ1n) is 7.24. The molecular weight excluding hydrogens is 238 g/mol. The third kappa shape index (κ3) is 3.98. The van der Waals surface area contributed by atoms with Crippen LogP contribution in [0.5, 0.6) is 0 Å². The zero-order valence-electron chi connectivity index (χ0n) is 11.6. The number of anilines is 1. The van der Waals surface area contributed by atoms with E-state index in [0.717, 1.165) is 23.7 Å². The van der Waals surface area contributed by atoms with Gasteiger partial charge in [0.05, 0.1) is 5.56 Å². The van der Waals surface area contributed by atoms with Crippen LogP contribution in [0.1, 0.15) is 54.4 Å². The van der Waals surface area contributed by atoms with Crippen molar-refractivity contribution in [1.82, 2.24) is 0 Å². The Bertz CT molecular complexity index is 436. The highest BCUT2D eigenvalue weighted by Crippen LogP contribution is 2.26. The fourth-order valence-electron chi connectivity index (χ4n) is 2.91. The van der Waals surface area contributed by atoms with E-state index in [1.165, 1.54) is 38.5 Å². The molecular formula is C16H23NO2. The van der Waals surface area contributed by atoms with Crippen molar-refractivity contribution in [3.05, 3.63) is 29.3 Å². The van der Waals surface area contributed by atoms with Crippen LogP contribution in [0.3, 0.4) is 0 Å². The second-order valence-corrected chi connectivity index (χ2v) is 5.55. The molecule has 19 heavy (non-hydrogen) atoms. The fraction of sp³-hybridized carbons (Fsp3) is 0.562. The van der Waals surface area contributed by atoms with Gasteiger partial charge in [-0.15, -0.1) is 0 Å². The molecule has 0 heterocycles. The van der Waals surface area contributed by atoms with E-state index >= 15 is 0 Å². The summed E-state index contributed by atoms with van der Waals surface area (Å²) in [7, 11) is 0. The minimum atomic E-state index is -0.855. The molecule has 0 amide bonds. The van der Waals surface area contributed by atoms with E-state index in [0.29, 0.717) is 5.56 Å². The van der Waals surface area contributed by atoms with Crippen molar-refractivity contribution in [3.63, 3.8) is 0 Å². The SMILES string of the molecule is Cc1cc(NCCC2CCCCC2)ccc1C(=O)O. The van der Waals surface area contributed by atoms with E-state index in [1.807, 2.05) is 19.1 Å². The van der Waals surface area contributed by atoms with Crippen LogP contribution in [0, 0.1) is 12.8 Å². The highest BCUT2D eigenvalue weighted by molar-refractivity contribution is 5.89. The lowest BCUT2D eigenvalue weighted by atomic mass is 9.87. The average molecular weight is 261 g/mol. The first kappa shape index (κ1) is 13.9. The topological polar surface area (TPSA) is 49.3 Å². The Morgan fingerprint density at radius 2 is 2.05 bits per heavy atom. The number of carbonyl (C=O) groups is 1. The molecule has 0 bridgehead atoms. The second kappa shape index (κ2) is 6.60. The standard InChI is InChI=1S/C16H23NO2/c1-12-11-14(7-8-15(12)16(18)19)17-10-9-13-5-3-2-4-6-13/h7-8,11,13,17H,2-6,9-10H2,1H3,(H,18,19). The molecule has 3 nitrogen and oxygen atoms in total. The monoisotopic (exact) mass is 261 g/mol. The number of hydrogen-bond donors (Lipinski definition) is 2. The van der Waals surface area contributed by atoms with Crippen molar-refractivity contribution in [2.24, 2.45) is 5.92 Å². The summed E-state index contributed by atoms with van der Waals surface area (Å²) >= 11 is 0. The van der Waals surface area contributed by atoms with Gasteiger partial charge in [-0.3, -0.25) is 0 Å². The second-order valence-electron chi connectivity index (χ2n) is 5.55. The van der Waals surface area contributed by atoms with Crippen LogP contribution in [-0.2, 0) is 0 Å². The van der Waals surface area contributed by atoms with Gasteiger partial charge in [0.25, 0.3) is 0 Å². The Labute approximate surface area is 115 Å². The van der Waals surface area contributed by atoms with E-state index in [-0.39, 0.29) is 0 Å². The summed E-state index contributed by atoms with van der Waals surface area (Å²) < 4.78 is 0. The maximum Gasteiger partial charge on any atom is 0.335 e. The molecule has 1 fully saturated rings. The van der Waals surface area contributed by atoms with Gasteiger partial charge in [-0.1, -0.05) is 32.1 Å². The number of carboxylic acid groups (broad SMARTS) is 1. The molecule has 1 aliphatic rings. The lowest BCUT2D eigenvalue weighted by Crippen LogP contribution is -2.12. The number of benzene rings is 1. The first-order valence-corrected chi connectivity index (χ1v) is 7.24.